The molecule has 0 saturated heterocycles. The molecule has 2 aromatic carbocycles. The van der Waals surface area contributed by atoms with Crippen molar-refractivity contribution >= 4 is 11.8 Å². The molecule has 0 atom stereocenters. The minimum Gasteiger partial charge on any atom is -0.490 e. The van der Waals surface area contributed by atoms with E-state index in [0.29, 0.717) is 19.6 Å². The topological polar surface area (TPSA) is 50.8 Å². The van der Waals surface area contributed by atoms with Crippen LogP contribution < -0.4 is 15.0 Å². The lowest BCUT2D eigenvalue weighted by Crippen LogP contribution is -2.38. The van der Waals surface area contributed by atoms with Gasteiger partial charge in [-0.2, -0.15) is 0 Å². The number of amides is 1. The van der Waals surface area contributed by atoms with E-state index in [1.807, 2.05) is 0 Å². The molecule has 1 amide bonds. The number of carbonyl (C=O) groups excluding carboxylic acids is 1. The van der Waals surface area contributed by atoms with Crippen LogP contribution in [0, 0.1) is 5.82 Å². The van der Waals surface area contributed by atoms with E-state index in [1.54, 1.807) is 17.0 Å². The number of hydrogen-bond acceptors (Lipinski definition) is 4. The van der Waals surface area contributed by atoms with Crippen LogP contribution in [0.15, 0.2) is 36.4 Å². The number of nitrogens with zero attached hydrogens (tertiary/aromatic N) is 1. The minimum absolute atomic E-state index is 0.256. The molecule has 142 valence electrons. The van der Waals surface area contributed by atoms with Gasteiger partial charge in [-0.3, -0.25) is 4.90 Å². The number of nitrogens with one attached hydrogen (secondary N) is 1. The molecule has 0 saturated carbocycles. The Kier molecular flexibility index (Phi) is 5.25. The van der Waals surface area contributed by atoms with Crippen molar-refractivity contribution in [1.29, 1.82) is 0 Å². The number of carbonyl (C=O) groups is 1. The van der Waals surface area contributed by atoms with Crippen molar-refractivity contribution in [2.45, 2.75) is 19.3 Å². The Labute approximate surface area is 158 Å². The van der Waals surface area contributed by atoms with Crippen LogP contribution in [0.3, 0.4) is 0 Å². The summed E-state index contributed by atoms with van der Waals surface area (Å²) in [5, 5.41) is 3.40. The first-order valence-corrected chi connectivity index (χ1v) is 9.39. The number of rotatable bonds is 3. The Hall–Kier alpha value is -2.60. The number of hydrogen-bond donors (Lipinski definition) is 1. The molecule has 5 nitrogen and oxygen atoms in total. The van der Waals surface area contributed by atoms with Gasteiger partial charge in [-0.25, -0.2) is 9.18 Å². The number of ether oxygens (including phenoxy) is 2. The number of benzene rings is 2. The summed E-state index contributed by atoms with van der Waals surface area (Å²) < 4.78 is 24.2. The molecule has 6 heteroatoms. The highest BCUT2D eigenvalue weighted by Gasteiger charge is 2.26. The second-order valence-electron chi connectivity index (χ2n) is 6.83. The van der Waals surface area contributed by atoms with Crippen molar-refractivity contribution in [3.8, 4) is 5.75 Å². The SMILES string of the molecule is O=C(OCCc1ccc(F)cc1)N1CCOc2cc3c(cc21)CCNCC3. The van der Waals surface area contributed by atoms with E-state index in [4.69, 9.17) is 9.47 Å². The molecule has 2 aliphatic heterocycles. The normalized spacial score (nSPS) is 16.0. The molecule has 2 aromatic rings. The van der Waals surface area contributed by atoms with Gasteiger partial charge in [0.25, 0.3) is 0 Å². The van der Waals surface area contributed by atoms with Crippen LogP contribution in [0.2, 0.25) is 0 Å². The highest BCUT2D eigenvalue weighted by molar-refractivity contribution is 5.90. The third-order valence-corrected chi connectivity index (χ3v) is 5.04. The summed E-state index contributed by atoms with van der Waals surface area (Å²) in [6.07, 6.45) is 2.09. The first kappa shape index (κ1) is 17.8. The number of halogens is 1. The average Bonchev–Trinajstić information content (AvgIpc) is 2.92. The summed E-state index contributed by atoms with van der Waals surface area (Å²) in [7, 11) is 0. The first-order valence-electron chi connectivity index (χ1n) is 9.39. The Balaban J connectivity index is 1.44. The van der Waals surface area contributed by atoms with Crippen molar-refractivity contribution < 1.29 is 18.7 Å². The van der Waals surface area contributed by atoms with E-state index in [9.17, 15) is 9.18 Å². The molecule has 0 fully saturated rings. The van der Waals surface area contributed by atoms with Crippen LogP contribution in [-0.4, -0.2) is 38.9 Å². The van der Waals surface area contributed by atoms with Gasteiger partial charge in [0, 0.05) is 6.42 Å². The smallest absolute Gasteiger partial charge is 0.414 e. The van der Waals surface area contributed by atoms with Gasteiger partial charge in [-0.15, -0.1) is 0 Å². The number of anilines is 1. The molecule has 0 radical (unpaired) electrons. The standard InChI is InChI=1S/C21H23FN2O3/c22-18-3-1-15(2-4-18)7-11-27-21(25)24-10-12-26-20-14-17-6-9-23-8-5-16(17)13-19(20)24/h1-4,13-14,23H,5-12H2. The summed E-state index contributed by atoms with van der Waals surface area (Å²) in [6, 6.07) is 10.4. The van der Waals surface area contributed by atoms with Crippen molar-refractivity contribution in [2.75, 3.05) is 37.7 Å². The molecular formula is C21H23FN2O3. The van der Waals surface area contributed by atoms with Crippen LogP contribution in [-0.2, 0) is 24.0 Å². The van der Waals surface area contributed by atoms with Gasteiger partial charge in [-0.05, 0) is 66.9 Å². The average molecular weight is 370 g/mol. The van der Waals surface area contributed by atoms with Gasteiger partial charge >= 0.3 is 6.09 Å². The van der Waals surface area contributed by atoms with E-state index in [0.717, 1.165) is 42.9 Å². The Morgan fingerprint density at radius 3 is 2.67 bits per heavy atom. The first-order chi connectivity index (χ1) is 13.2. The van der Waals surface area contributed by atoms with Gasteiger partial charge in [0.15, 0.2) is 0 Å². The van der Waals surface area contributed by atoms with Crippen LogP contribution in [0.4, 0.5) is 14.9 Å². The minimum atomic E-state index is -0.367. The molecule has 0 spiro atoms. The van der Waals surface area contributed by atoms with E-state index in [-0.39, 0.29) is 18.5 Å². The van der Waals surface area contributed by atoms with Gasteiger partial charge in [0.05, 0.1) is 18.8 Å². The predicted octanol–water partition coefficient (Wildman–Crippen LogP) is 3.09. The quantitative estimate of drug-likeness (QED) is 0.902. The fourth-order valence-electron chi connectivity index (χ4n) is 3.56. The molecular weight excluding hydrogens is 347 g/mol. The van der Waals surface area contributed by atoms with Gasteiger partial charge in [0.2, 0.25) is 0 Å². The Morgan fingerprint density at radius 2 is 1.89 bits per heavy atom. The van der Waals surface area contributed by atoms with Crippen molar-refractivity contribution in [1.82, 2.24) is 5.32 Å². The van der Waals surface area contributed by atoms with Crippen molar-refractivity contribution in [3.05, 3.63) is 58.9 Å². The fourth-order valence-corrected chi connectivity index (χ4v) is 3.56. The molecule has 2 heterocycles. The zero-order valence-electron chi connectivity index (χ0n) is 15.2. The highest BCUT2D eigenvalue weighted by atomic mass is 19.1. The lowest BCUT2D eigenvalue weighted by Gasteiger charge is -2.30. The molecule has 0 bridgehead atoms. The Bertz CT molecular complexity index is 823. The van der Waals surface area contributed by atoms with Crippen molar-refractivity contribution in [2.24, 2.45) is 0 Å². The molecule has 27 heavy (non-hydrogen) atoms. The largest absolute Gasteiger partial charge is 0.490 e. The number of fused-ring (bicyclic) bond motifs is 2. The van der Waals surface area contributed by atoms with Crippen molar-refractivity contribution in [3.63, 3.8) is 0 Å². The summed E-state index contributed by atoms with van der Waals surface area (Å²) in [5.74, 6) is 0.479. The molecule has 0 aliphatic carbocycles. The molecule has 2 aliphatic rings. The monoisotopic (exact) mass is 370 g/mol. The Morgan fingerprint density at radius 1 is 1.15 bits per heavy atom. The van der Waals surface area contributed by atoms with Gasteiger partial charge in [-0.1, -0.05) is 12.1 Å². The predicted molar refractivity (Wildman–Crippen MR) is 101 cm³/mol. The zero-order valence-corrected chi connectivity index (χ0v) is 15.2. The van der Waals surface area contributed by atoms with E-state index in [1.165, 1.54) is 23.3 Å². The summed E-state index contributed by atoms with van der Waals surface area (Å²) >= 11 is 0. The maximum atomic E-state index is 13.0. The summed E-state index contributed by atoms with van der Waals surface area (Å²) in [4.78, 5) is 14.3. The summed E-state index contributed by atoms with van der Waals surface area (Å²) in [6.45, 7) is 3.08. The second kappa shape index (κ2) is 7.96. The lowest BCUT2D eigenvalue weighted by atomic mass is 10.0. The van der Waals surface area contributed by atoms with E-state index >= 15 is 0 Å². The van der Waals surface area contributed by atoms with Crippen LogP contribution in [0.25, 0.3) is 0 Å². The summed E-state index contributed by atoms with van der Waals surface area (Å²) in [5.41, 5.74) is 4.26. The van der Waals surface area contributed by atoms with E-state index in [2.05, 4.69) is 17.4 Å². The third kappa shape index (κ3) is 4.06. The molecule has 1 N–H and O–H groups in total. The maximum absolute atomic E-state index is 13.0. The fraction of sp³-hybridized carbons (Fsp3) is 0.381. The van der Waals surface area contributed by atoms with Crippen LogP contribution in [0.1, 0.15) is 16.7 Å². The van der Waals surface area contributed by atoms with Gasteiger partial charge < -0.3 is 14.8 Å². The van der Waals surface area contributed by atoms with Crippen LogP contribution >= 0.6 is 0 Å². The zero-order chi connectivity index (χ0) is 18.6. The second-order valence-corrected chi connectivity index (χ2v) is 6.83. The highest BCUT2D eigenvalue weighted by Crippen LogP contribution is 2.35. The van der Waals surface area contributed by atoms with Gasteiger partial charge in [0.1, 0.15) is 18.2 Å². The molecule has 0 unspecified atom stereocenters. The third-order valence-electron chi connectivity index (χ3n) is 5.04. The van der Waals surface area contributed by atoms with Crippen LogP contribution in [0.5, 0.6) is 5.75 Å². The molecule has 0 aromatic heterocycles. The molecule has 4 rings (SSSR count). The maximum Gasteiger partial charge on any atom is 0.414 e. The lowest BCUT2D eigenvalue weighted by molar-refractivity contribution is 0.151. The van der Waals surface area contributed by atoms with E-state index < -0.39 is 0 Å².